The van der Waals surface area contributed by atoms with Crippen molar-refractivity contribution in [2.24, 2.45) is 4.99 Å². The van der Waals surface area contributed by atoms with Crippen LogP contribution < -0.4 is 5.32 Å². The number of methoxy groups -OCH3 is 1. The molecule has 0 bridgehead atoms. The van der Waals surface area contributed by atoms with Crippen molar-refractivity contribution in [2.45, 2.75) is 52.7 Å². The molecule has 2 heterocycles. The lowest BCUT2D eigenvalue weighted by molar-refractivity contribution is 0.0229. The highest BCUT2D eigenvalue weighted by Gasteiger charge is 2.20. The van der Waals surface area contributed by atoms with Gasteiger partial charge in [0.2, 0.25) is 0 Å². The lowest BCUT2D eigenvalue weighted by atomic mass is 10.0. The van der Waals surface area contributed by atoms with E-state index in [0.717, 1.165) is 16.6 Å². The summed E-state index contributed by atoms with van der Waals surface area (Å²) in [6.45, 7) is 10.3. The van der Waals surface area contributed by atoms with Crippen molar-refractivity contribution in [3.63, 3.8) is 0 Å². The smallest absolute Gasteiger partial charge is 0.251 e. The Morgan fingerprint density at radius 3 is 2.74 bits per heavy atom. The molecular formula is C23H31N5O3. The number of H-pyrrole nitrogens is 1. The van der Waals surface area contributed by atoms with Gasteiger partial charge in [-0.2, -0.15) is 5.10 Å². The highest BCUT2D eigenvalue weighted by atomic mass is 16.5. The first kappa shape index (κ1) is 22.6. The first-order chi connectivity index (χ1) is 14.6. The standard InChI is InChI=1S/C23H31N5O3/c1-7-18(26-16-11-25-28(12-16)14(2)3)20-17-10-15(8-9-19(17)27-22(20)30)21(29)24-13-23(4,5)31-6/h8-12,14,27,30H,7,13H2,1-6H3,(H,24,29). The topological polar surface area (TPSA) is 105 Å². The van der Waals surface area contributed by atoms with Crippen molar-refractivity contribution < 1.29 is 14.6 Å². The second-order valence-electron chi connectivity index (χ2n) is 8.44. The average Bonchev–Trinajstić information content (AvgIpc) is 3.33. The third-order valence-electron chi connectivity index (χ3n) is 5.27. The summed E-state index contributed by atoms with van der Waals surface area (Å²) in [4.78, 5) is 20.4. The predicted octanol–water partition coefficient (Wildman–Crippen LogP) is 4.34. The zero-order valence-corrected chi connectivity index (χ0v) is 19.0. The molecule has 0 aliphatic rings. The molecule has 0 fully saturated rings. The number of fused-ring (bicyclic) bond motifs is 1. The van der Waals surface area contributed by atoms with Crippen molar-refractivity contribution in [1.82, 2.24) is 20.1 Å². The van der Waals surface area contributed by atoms with Gasteiger partial charge in [-0.25, -0.2) is 4.99 Å². The molecule has 0 spiro atoms. The molecule has 8 heteroatoms. The maximum atomic E-state index is 12.7. The van der Waals surface area contributed by atoms with Crippen molar-refractivity contribution in [3.8, 4) is 5.88 Å². The molecule has 0 saturated carbocycles. The molecular weight excluding hydrogens is 394 g/mol. The summed E-state index contributed by atoms with van der Waals surface area (Å²) in [7, 11) is 1.61. The quantitative estimate of drug-likeness (QED) is 0.467. The molecule has 3 aromatic rings. The molecule has 0 unspecified atom stereocenters. The number of hydrogen-bond acceptors (Lipinski definition) is 5. The number of benzene rings is 1. The van der Waals surface area contributed by atoms with Crippen molar-refractivity contribution in [3.05, 3.63) is 41.7 Å². The van der Waals surface area contributed by atoms with E-state index in [1.165, 1.54) is 0 Å². The Morgan fingerprint density at radius 1 is 1.39 bits per heavy atom. The number of nitrogens with zero attached hydrogens (tertiary/aromatic N) is 3. The van der Waals surface area contributed by atoms with E-state index >= 15 is 0 Å². The van der Waals surface area contributed by atoms with Gasteiger partial charge in [0.25, 0.3) is 5.91 Å². The number of ether oxygens (including phenoxy) is 1. The first-order valence-corrected chi connectivity index (χ1v) is 10.4. The number of aliphatic imine (C=N–C) groups is 1. The average molecular weight is 426 g/mol. The van der Waals surface area contributed by atoms with Crippen LogP contribution in [0.1, 0.15) is 63.0 Å². The van der Waals surface area contributed by atoms with Crippen LogP contribution in [0.5, 0.6) is 5.88 Å². The van der Waals surface area contributed by atoms with Crippen LogP contribution in [-0.2, 0) is 4.74 Å². The molecule has 0 atom stereocenters. The summed E-state index contributed by atoms with van der Waals surface area (Å²) in [5.41, 5.74) is 2.81. The highest BCUT2D eigenvalue weighted by molar-refractivity contribution is 6.14. The zero-order chi connectivity index (χ0) is 22.8. The molecule has 2 aromatic heterocycles. The third-order valence-corrected chi connectivity index (χ3v) is 5.27. The number of aromatic amines is 1. The maximum Gasteiger partial charge on any atom is 0.251 e. The monoisotopic (exact) mass is 425 g/mol. The van der Waals surface area contributed by atoms with Gasteiger partial charge in [-0.3, -0.25) is 9.48 Å². The van der Waals surface area contributed by atoms with E-state index in [0.29, 0.717) is 29.8 Å². The first-order valence-electron chi connectivity index (χ1n) is 10.4. The summed E-state index contributed by atoms with van der Waals surface area (Å²) < 4.78 is 7.20. The van der Waals surface area contributed by atoms with Gasteiger partial charge in [0, 0.05) is 36.2 Å². The van der Waals surface area contributed by atoms with Crippen LogP contribution in [0.2, 0.25) is 0 Å². The molecule has 31 heavy (non-hydrogen) atoms. The Kier molecular flexibility index (Phi) is 6.50. The fraction of sp³-hybridized carbons (Fsp3) is 0.435. The maximum absolute atomic E-state index is 12.7. The lowest BCUT2D eigenvalue weighted by Crippen LogP contribution is -2.39. The van der Waals surface area contributed by atoms with Gasteiger partial charge in [-0.15, -0.1) is 0 Å². The number of aromatic nitrogens is 3. The van der Waals surface area contributed by atoms with E-state index in [2.05, 4.69) is 15.4 Å². The van der Waals surface area contributed by atoms with Crippen LogP contribution in [0.25, 0.3) is 10.9 Å². The van der Waals surface area contributed by atoms with Gasteiger partial charge in [0.1, 0.15) is 5.69 Å². The van der Waals surface area contributed by atoms with Crippen LogP contribution in [0.4, 0.5) is 5.69 Å². The van der Waals surface area contributed by atoms with E-state index in [1.807, 2.05) is 45.5 Å². The molecule has 0 aliphatic carbocycles. The third kappa shape index (κ3) is 4.96. The van der Waals surface area contributed by atoms with Crippen molar-refractivity contribution in [1.29, 1.82) is 0 Å². The SMILES string of the molecule is CCC(=Nc1cnn(C(C)C)c1)c1c(O)[nH]c2ccc(C(=O)NCC(C)(C)OC)cc12. The van der Waals surface area contributed by atoms with Gasteiger partial charge < -0.3 is 20.1 Å². The number of amides is 1. The summed E-state index contributed by atoms with van der Waals surface area (Å²) in [5, 5.41) is 18.6. The molecule has 3 rings (SSSR count). The molecule has 0 aliphatic heterocycles. The summed E-state index contributed by atoms with van der Waals surface area (Å²) in [5.74, 6) is -0.170. The lowest BCUT2D eigenvalue weighted by Gasteiger charge is -2.23. The zero-order valence-electron chi connectivity index (χ0n) is 19.0. The van der Waals surface area contributed by atoms with E-state index in [4.69, 9.17) is 9.73 Å². The fourth-order valence-electron chi connectivity index (χ4n) is 3.21. The molecule has 0 saturated heterocycles. The minimum absolute atomic E-state index is 0.0323. The Morgan fingerprint density at radius 2 is 2.13 bits per heavy atom. The molecule has 3 N–H and O–H groups in total. The van der Waals surface area contributed by atoms with E-state index in [1.54, 1.807) is 31.5 Å². The van der Waals surface area contributed by atoms with Crippen molar-refractivity contribution >= 4 is 28.2 Å². The summed E-state index contributed by atoms with van der Waals surface area (Å²) in [6, 6.07) is 5.53. The number of nitrogens with one attached hydrogen (secondary N) is 2. The molecule has 1 aromatic carbocycles. The van der Waals surface area contributed by atoms with Crippen LogP contribution in [0.15, 0.2) is 35.6 Å². The largest absolute Gasteiger partial charge is 0.494 e. The van der Waals surface area contributed by atoms with Crippen LogP contribution in [-0.4, -0.2) is 50.7 Å². The second kappa shape index (κ2) is 8.93. The van der Waals surface area contributed by atoms with Crippen molar-refractivity contribution in [2.75, 3.05) is 13.7 Å². The number of hydrogen-bond donors (Lipinski definition) is 3. The summed E-state index contributed by atoms with van der Waals surface area (Å²) >= 11 is 0. The van der Waals surface area contributed by atoms with Crippen LogP contribution >= 0.6 is 0 Å². The molecule has 8 nitrogen and oxygen atoms in total. The van der Waals surface area contributed by atoms with Gasteiger partial charge in [-0.05, 0) is 52.3 Å². The van der Waals surface area contributed by atoms with Gasteiger partial charge in [0.05, 0.1) is 29.3 Å². The Balaban J connectivity index is 1.97. The number of rotatable bonds is 8. The fourth-order valence-corrected chi connectivity index (χ4v) is 3.21. The van der Waals surface area contributed by atoms with E-state index in [-0.39, 0.29) is 17.8 Å². The number of aromatic hydroxyl groups is 1. The van der Waals surface area contributed by atoms with Gasteiger partial charge >= 0.3 is 0 Å². The molecule has 0 radical (unpaired) electrons. The van der Waals surface area contributed by atoms with Crippen LogP contribution in [0, 0.1) is 0 Å². The van der Waals surface area contributed by atoms with Gasteiger partial charge in [0.15, 0.2) is 5.88 Å². The minimum atomic E-state index is -0.459. The Hall–Kier alpha value is -3.13. The molecule has 166 valence electrons. The minimum Gasteiger partial charge on any atom is -0.494 e. The normalized spacial score (nSPS) is 12.7. The number of carbonyl (C=O) groups excluding carboxylic acids is 1. The Labute approximate surface area is 182 Å². The van der Waals surface area contributed by atoms with E-state index in [9.17, 15) is 9.90 Å². The predicted molar refractivity (Wildman–Crippen MR) is 122 cm³/mol. The summed E-state index contributed by atoms with van der Waals surface area (Å²) in [6.07, 6.45) is 4.19. The molecule has 1 amide bonds. The van der Waals surface area contributed by atoms with Crippen LogP contribution in [0.3, 0.4) is 0 Å². The van der Waals surface area contributed by atoms with E-state index < -0.39 is 5.60 Å². The number of carbonyl (C=O) groups is 1. The van der Waals surface area contributed by atoms with Gasteiger partial charge in [-0.1, -0.05) is 6.92 Å². The Bertz CT molecular complexity index is 1110. The highest BCUT2D eigenvalue weighted by Crippen LogP contribution is 2.31. The second-order valence-corrected chi connectivity index (χ2v) is 8.44.